The Balaban J connectivity index is 1.79. The van der Waals surface area contributed by atoms with Gasteiger partial charge in [-0.2, -0.15) is 0 Å². The number of anilines is 1. The monoisotopic (exact) mass is 410 g/mol. The average Bonchev–Trinajstić information content (AvgIpc) is 3.56. The van der Waals surface area contributed by atoms with Gasteiger partial charge in [0.15, 0.2) is 0 Å². The zero-order valence-electron chi connectivity index (χ0n) is 16.3. The number of benzene rings is 2. The molecule has 29 heavy (non-hydrogen) atoms. The largest absolute Gasteiger partial charge is 0.466 e. The topological polar surface area (TPSA) is 59.0 Å². The van der Waals surface area contributed by atoms with Gasteiger partial charge in [0.2, 0.25) is 0 Å². The number of amides is 1. The molecule has 1 saturated carbocycles. The molecule has 2 aliphatic rings. The molecule has 1 fully saturated rings. The van der Waals surface area contributed by atoms with Crippen LogP contribution in [0.1, 0.15) is 37.3 Å². The first-order valence-corrected chi connectivity index (χ1v) is 10.4. The lowest BCUT2D eigenvalue weighted by atomic mass is 10.00. The maximum Gasteiger partial charge on any atom is 0.307 e. The molecule has 0 bridgehead atoms. The molecule has 1 aliphatic carbocycles. The Kier molecular flexibility index (Phi) is 5.67. The van der Waals surface area contributed by atoms with Crippen LogP contribution in [0.15, 0.2) is 53.5 Å². The molecule has 1 heterocycles. The maximum absolute atomic E-state index is 13.5. The molecule has 2 aromatic rings. The molecule has 150 valence electrons. The van der Waals surface area contributed by atoms with Crippen LogP contribution in [0.2, 0.25) is 5.02 Å². The van der Waals surface area contributed by atoms with Crippen LogP contribution >= 0.6 is 11.6 Å². The minimum atomic E-state index is -0.446. The van der Waals surface area contributed by atoms with E-state index in [-0.39, 0.29) is 30.8 Å². The van der Waals surface area contributed by atoms with Gasteiger partial charge in [-0.15, -0.1) is 0 Å². The minimum absolute atomic E-state index is 0.0636. The van der Waals surface area contributed by atoms with Crippen molar-refractivity contribution in [1.29, 1.82) is 0 Å². The number of carbonyl (C=O) groups excluding carboxylic acids is 2. The van der Waals surface area contributed by atoms with Gasteiger partial charge in [-0.25, -0.2) is 0 Å². The third-order valence-electron chi connectivity index (χ3n) is 5.25. The SMILES string of the molecule is CCOC(=O)CCN1C(=O)[C@H](C2CC2)N=C(c2ccccc2)c2cc(Cl)ccc21. The molecule has 6 heteroatoms. The Morgan fingerprint density at radius 2 is 1.97 bits per heavy atom. The van der Waals surface area contributed by atoms with Gasteiger partial charge in [0, 0.05) is 22.7 Å². The molecule has 0 unspecified atom stereocenters. The molecule has 0 spiro atoms. The number of benzodiazepines with no additional fused rings is 1. The third kappa shape index (κ3) is 4.20. The van der Waals surface area contributed by atoms with Crippen LogP contribution in [0.5, 0.6) is 0 Å². The van der Waals surface area contributed by atoms with E-state index in [0.29, 0.717) is 11.6 Å². The average molecular weight is 411 g/mol. The molecule has 0 N–H and O–H groups in total. The van der Waals surface area contributed by atoms with E-state index in [1.807, 2.05) is 42.5 Å². The van der Waals surface area contributed by atoms with E-state index in [0.717, 1.165) is 35.4 Å². The van der Waals surface area contributed by atoms with Crippen molar-refractivity contribution in [2.75, 3.05) is 18.1 Å². The lowest BCUT2D eigenvalue weighted by Gasteiger charge is -2.25. The molecular formula is C23H23ClN2O3. The van der Waals surface area contributed by atoms with Crippen LogP contribution in [0.3, 0.4) is 0 Å². The fourth-order valence-electron chi connectivity index (χ4n) is 3.69. The highest BCUT2D eigenvalue weighted by Gasteiger charge is 2.41. The summed E-state index contributed by atoms with van der Waals surface area (Å²) in [6.07, 6.45) is 2.12. The predicted octanol–water partition coefficient (Wildman–Crippen LogP) is 4.26. The lowest BCUT2D eigenvalue weighted by molar-refractivity contribution is -0.142. The zero-order chi connectivity index (χ0) is 20.4. The number of nitrogens with zero attached hydrogens (tertiary/aromatic N) is 2. The van der Waals surface area contributed by atoms with Crippen molar-refractivity contribution < 1.29 is 14.3 Å². The van der Waals surface area contributed by atoms with Gasteiger partial charge in [0.25, 0.3) is 5.91 Å². The van der Waals surface area contributed by atoms with Gasteiger partial charge >= 0.3 is 5.97 Å². The Bertz CT molecular complexity index is 954. The normalized spacial score (nSPS) is 18.7. The predicted molar refractivity (Wildman–Crippen MR) is 114 cm³/mol. The number of hydrogen-bond acceptors (Lipinski definition) is 4. The van der Waals surface area contributed by atoms with Crippen molar-refractivity contribution in [3.63, 3.8) is 0 Å². The lowest BCUT2D eigenvalue weighted by Crippen LogP contribution is -2.40. The Hall–Kier alpha value is -2.66. The second-order valence-corrected chi connectivity index (χ2v) is 7.77. The number of halogens is 1. The molecule has 1 amide bonds. The van der Waals surface area contributed by atoms with E-state index in [2.05, 4.69) is 0 Å². The van der Waals surface area contributed by atoms with Gasteiger partial charge in [-0.05, 0) is 43.9 Å². The zero-order valence-corrected chi connectivity index (χ0v) is 17.1. The van der Waals surface area contributed by atoms with E-state index in [4.69, 9.17) is 21.3 Å². The maximum atomic E-state index is 13.5. The Morgan fingerprint density at radius 1 is 1.21 bits per heavy atom. The summed E-state index contributed by atoms with van der Waals surface area (Å²) in [5.74, 6) is -0.130. The molecular weight excluding hydrogens is 388 g/mol. The van der Waals surface area contributed by atoms with Gasteiger partial charge < -0.3 is 9.64 Å². The Labute approximate surface area is 175 Å². The molecule has 0 aromatic heterocycles. The first kappa shape index (κ1) is 19.6. The molecule has 4 rings (SSSR count). The number of fused-ring (bicyclic) bond motifs is 1. The van der Waals surface area contributed by atoms with Crippen molar-refractivity contribution in [1.82, 2.24) is 0 Å². The number of hydrogen-bond donors (Lipinski definition) is 0. The quantitative estimate of drug-likeness (QED) is 0.668. The van der Waals surface area contributed by atoms with Gasteiger partial charge in [0.1, 0.15) is 6.04 Å². The van der Waals surface area contributed by atoms with Gasteiger partial charge in [-0.3, -0.25) is 14.6 Å². The van der Waals surface area contributed by atoms with Crippen molar-refractivity contribution in [3.8, 4) is 0 Å². The second kappa shape index (κ2) is 8.37. The highest BCUT2D eigenvalue weighted by atomic mass is 35.5. The van der Waals surface area contributed by atoms with E-state index in [1.165, 1.54) is 0 Å². The van der Waals surface area contributed by atoms with Crippen molar-refractivity contribution in [3.05, 3.63) is 64.7 Å². The van der Waals surface area contributed by atoms with Crippen LogP contribution < -0.4 is 4.90 Å². The van der Waals surface area contributed by atoms with Crippen LogP contribution in [0.4, 0.5) is 5.69 Å². The summed E-state index contributed by atoms with van der Waals surface area (Å²) in [6.45, 7) is 2.35. The summed E-state index contributed by atoms with van der Waals surface area (Å²) in [5.41, 5.74) is 3.26. The smallest absolute Gasteiger partial charge is 0.307 e. The van der Waals surface area contributed by atoms with Gasteiger partial charge in [-0.1, -0.05) is 41.9 Å². The highest BCUT2D eigenvalue weighted by molar-refractivity contribution is 6.32. The molecule has 5 nitrogen and oxygen atoms in total. The molecule has 1 aliphatic heterocycles. The van der Waals surface area contributed by atoms with Gasteiger partial charge in [0.05, 0.1) is 24.4 Å². The number of esters is 1. The Morgan fingerprint density at radius 3 is 2.66 bits per heavy atom. The molecule has 0 saturated heterocycles. The van der Waals surface area contributed by atoms with Crippen LogP contribution in [0.25, 0.3) is 0 Å². The standard InChI is InChI=1S/C23H23ClN2O3/c1-2-29-20(27)12-13-26-19-11-10-17(24)14-18(19)21(15-6-4-3-5-7-15)25-22(23(26)28)16-8-9-16/h3-7,10-11,14,16,22H,2,8-9,12-13H2,1H3/t22-/m0/s1. The number of aliphatic imine (C=N–C) groups is 1. The second-order valence-electron chi connectivity index (χ2n) is 7.33. The molecule has 0 radical (unpaired) electrons. The van der Waals surface area contributed by atoms with E-state index in [1.54, 1.807) is 17.9 Å². The molecule has 1 atom stereocenters. The number of rotatable bonds is 6. The summed E-state index contributed by atoms with van der Waals surface area (Å²) in [4.78, 5) is 32.0. The highest BCUT2D eigenvalue weighted by Crippen LogP contribution is 2.39. The number of carbonyl (C=O) groups is 2. The first-order chi connectivity index (χ1) is 14.1. The van der Waals surface area contributed by atoms with Crippen LogP contribution in [0, 0.1) is 5.92 Å². The molecule has 2 aromatic carbocycles. The summed E-state index contributed by atoms with van der Waals surface area (Å²) in [7, 11) is 0. The summed E-state index contributed by atoms with van der Waals surface area (Å²) in [5, 5.41) is 0.579. The summed E-state index contributed by atoms with van der Waals surface area (Å²) >= 11 is 6.31. The van der Waals surface area contributed by atoms with Crippen molar-refractivity contribution in [2.24, 2.45) is 10.9 Å². The third-order valence-corrected chi connectivity index (χ3v) is 5.49. The van der Waals surface area contributed by atoms with Crippen molar-refractivity contribution >= 4 is 34.9 Å². The van der Waals surface area contributed by atoms with Crippen molar-refractivity contribution in [2.45, 2.75) is 32.2 Å². The van der Waals surface area contributed by atoms with E-state index in [9.17, 15) is 9.59 Å². The number of ether oxygens (including phenoxy) is 1. The summed E-state index contributed by atoms with van der Waals surface area (Å²) in [6, 6.07) is 14.9. The van der Waals surface area contributed by atoms with Crippen LogP contribution in [-0.2, 0) is 14.3 Å². The minimum Gasteiger partial charge on any atom is -0.466 e. The fraction of sp³-hybridized carbons (Fsp3) is 0.348. The van der Waals surface area contributed by atoms with Crippen LogP contribution in [-0.4, -0.2) is 36.8 Å². The first-order valence-electron chi connectivity index (χ1n) is 9.98. The summed E-state index contributed by atoms with van der Waals surface area (Å²) < 4.78 is 5.06. The van der Waals surface area contributed by atoms with E-state index < -0.39 is 6.04 Å². The fourth-order valence-corrected chi connectivity index (χ4v) is 3.86. The van der Waals surface area contributed by atoms with E-state index >= 15 is 0 Å².